The summed E-state index contributed by atoms with van der Waals surface area (Å²) >= 11 is 12.8. The van der Waals surface area contributed by atoms with Gasteiger partial charge in [-0.1, -0.05) is 43.5 Å². The predicted octanol–water partition coefficient (Wildman–Crippen LogP) is 4.82. The Morgan fingerprint density at radius 3 is 2.79 bits per heavy atom. The molecule has 1 aromatic heterocycles. The third kappa shape index (κ3) is 5.01. The third-order valence-corrected chi connectivity index (χ3v) is 6.95. The van der Waals surface area contributed by atoms with Crippen LogP contribution < -0.4 is 10.2 Å². The van der Waals surface area contributed by atoms with E-state index < -0.39 is 0 Å². The van der Waals surface area contributed by atoms with Crippen molar-refractivity contribution >= 4 is 52.2 Å². The number of likely N-dealkylation sites (N-methyl/N-ethyl adjacent to an activating group) is 1. The summed E-state index contributed by atoms with van der Waals surface area (Å²) in [6.07, 6.45) is 4.88. The number of likely N-dealkylation sites (tertiary alicyclic amines) is 1. The zero-order valence-corrected chi connectivity index (χ0v) is 20.5. The van der Waals surface area contributed by atoms with Gasteiger partial charge in [0, 0.05) is 23.8 Å². The fraction of sp³-hybridized carbons (Fsp3) is 0.458. The number of nitrogens with one attached hydrogen (secondary N) is 1. The molecule has 1 atom stereocenters. The van der Waals surface area contributed by atoms with Crippen LogP contribution in [0.1, 0.15) is 43.5 Å². The maximum Gasteiger partial charge on any atom is 0.258 e. The SMILES string of the molecule is CCN(CC)CC1CCCCN1CC(=O)N1c2ncccc2NC(=O)c2cc(Cl)cc(Cl)c21. The lowest BCUT2D eigenvalue weighted by Gasteiger charge is -2.38. The molecule has 0 saturated carbocycles. The quantitative estimate of drug-likeness (QED) is 0.629. The molecule has 2 aromatic rings. The highest BCUT2D eigenvalue weighted by Gasteiger charge is 2.35. The summed E-state index contributed by atoms with van der Waals surface area (Å²) in [5.74, 6) is -0.198. The molecule has 4 rings (SSSR count). The molecule has 176 valence electrons. The fourth-order valence-electron chi connectivity index (χ4n) is 4.68. The molecular weight excluding hydrogens is 461 g/mol. The Bertz CT molecular complexity index is 1040. The van der Waals surface area contributed by atoms with Crippen LogP contribution in [0, 0.1) is 0 Å². The number of aromatic nitrogens is 1. The zero-order chi connectivity index (χ0) is 23.5. The summed E-state index contributed by atoms with van der Waals surface area (Å²) < 4.78 is 0. The van der Waals surface area contributed by atoms with Gasteiger partial charge in [0.05, 0.1) is 28.5 Å². The first kappa shape index (κ1) is 24.0. The molecule has 1 fully saturated rings. The Balaban J connectivity index is 1.71. The highest BCUT2D eigenvalue weighted by molar-refractivity contribution is 6.39. The predicted molar refractivity (Wildman–Crippen MR) is 133 cm³/mol. The van der Waals surface area contributed by atoms with E-state index in [4.69, 9.17) is 23.2 Å². The number of nitrogens with zero attached hydrogens (tertiary/aromatic N) is 4. The molecule has 1 unspecified atom stereocenters. The van der Waals surface area contributed by atoms with Crippen LogP contribution in [0.25, 0.3) is 0 Å². The first-order valence-corrected chi connectivity index (χ1v) is 12.2. The fourth-order valence-corrected chi connectivity index (χ4v) is 5.25. The number of piperidine rings is 1. The van der Waals surface area contributed by atoms with Crippen LogP contribution in [-0.2, 0) is 4.79 Å². The van der Waals surface area contributed by atoms with Gasteiger partial charge in [0.2, 0.25) is 5.91 Å². The average molecular weight is 490 g/mol. The Hall–Kier alpha value is -2.19. The van der Waals surface area contributed by atoms with E-state index in [9.17, 15) is 9.59 Å². The van der Waals surface area contributed by atoms with Gasteiger partial charge in [-0.15, -0.1) is 0 Å². The van der Waals surface area contributed by atoms with Gasteiger partial charge in [-0.05, 0) is 56.7 Å². The lowest BCUT2D eigenvalue weighted by molar-refractivity contribution is -0.120. The van der Waals surface area contributed by atoms with Crippen molar-refractivity contribution in [2.45, 2.75) is 39.2 Å². The van der Waals surface area contributed by atoms with E-state index in [-0.39, 0.29) is 28.9 Å². The molecule has 1 N–H and O–H groups in total. The Kier molecular flexibility index (Phi) is 7.54. The van der Waals surface area contributed by atoms with Crippen LogP contribution in [0.4, 0.5) is 17.2 Å². The maximum atomic E-state index is 13.9. The van der Waals surface area contributed by atoms with Crippen LogP contribution >= 0.6 is 23.2 Å². The standard InChI is InChI=1S/C24H29Cl2N5O2/c1-3-29(4-2)14-17-8-5-6-11-30(17)15-21(32)31-22-18(12-16(25)13-19(22)26)24(33)28-20-9-7-10-27-23(20)31/h7,9-10,12-13,17H,3-6,8,11,14-15H2,1-2H3,(H,28,33). The highest BCUT2D eigenvalue weighted by Crippen LogP contribution is 2.42. The van der Waals surface area contributed by atoms with Gasteiger partial charge in [-0.3, -0.25) is 19.4 Å². The topological polar surface area (TPSA) is 68.8 Å². The Morgan fingerprint density at radius 1 is 1.24 bits per heavy atom. The molecule has 7 nitrogen and oxygen atoms in total. The number of hydrogen-bond acceptors (Lipinski definition) is 5. The number of pyridine rings is 1. The van der Waals surface area contributed by atoms with E-state index >= 15 is 0 Å². The molecule has 9 heteroatoms. The lowest BCUT2D eigenvalue weighted by Crippen LogP contribution is -2.50. The van der Waals surface area contributed by atoms with Crippen LogP contribution in [0.15, 0.2) is 30.5 Å². The summed E-state index contributed by atoms with van der Waals surface area (Å²) in [7, 11) is 0. The van der Waals surface area contributed by atoms with Crippen molar-refractivity contribution < 1.29 is 9.59 Å². The second-order valence-electron chi connectivity index (χ2n) is 8.45. The molecule has 1 saturated heterocycles. The van der Waals surface area contributed by atoms with Gasteiger partial charge in [0.1, 0.15) is 0 Å². The third-order valence-electron chi connectivity index (χ3n) is 6.44. The molecule has 3 heterocycles. The largest absolute Gasteiger partial charge is 0.319 e. The van der Waals surface area contributed by atoms with E-state index in [0.717, 1.165) is 45.4 Å². The van der Waals surface area contributed by atoms with Gasteiger partial charge in [0.15, 0.2) is 5.82 Å². The van der Waals surface area contributed by atoms with Crippen LogP contribution in [0.2, 0.25) is 10.0 Å². The Labute approximate surface area is 204 Å². The minimum atomic E-state index is -0.378. The second kappa shape index (κ2) is 10.4. The van der Waals surface area contributed by atoms with Gasteiger partial charge in [-0.25, -0.2) is 4.98 Å². The molecule has 2 aliphatic rings. The summed E-state index contributed by atoms with van der Waals surface area (Å²) in [4.78, 5) is 37.4. The van der Waals surface area contributed by atoms with E-state index in [1.807, 2.05) is 0 Å². The van der Waals surface area contributed by atoms with Gasteiger partial charge in [0.25, 0.3) is 5.91 Å². The molecular formula is C24H29Cl2N5O2. The molecule has 2 amide bonds. The number of halogens is 2. The molecule has 0 spiro atoms. The normalized spacial score (nSPS) is 18.5. The first-order valence-electron chi connectivity index (χ1n) is 11.5. The molecule has 1 aromatic carbocycles. The maximum absolute atomic E-state index is 13.9. The van der Waals surface area contributed by atoms with E-state index in [1.165, 1.54) is 11.0 Å². The zero-order valence-electron chi connectivity index (χ0n) is 19.0. The van der Waals surface area contributed by atoms with E-state index in [0.29, 0.717) is 28.3 Å². The molecule has 0 bridgehead atoms. The number of fused-ring (bicyclic) bond motifs is 2. The molecule has 0 aliphatic carbocycles. The second-order valence-corrected chi connectivity index (χ2v) is 9.29. The first-order chi connectivity index (χ1) is 15.9. The Morgan fingerprint density at radius 2 is 2.03 bits per heavy atom. The summed E-state index contributed by atoms with van der Waals surface area (Å²) in [6.45, 7) is 8.30. The summed E-state index contributed by atoms with van der Waals surface area (Å²) in [5.41, 5.74) is 1.02. The smallest absolute Gasteiger partial charge is 0.258 e. The van der Waals surface area contributed by atoms with Crippen molar-refractivity contribution in [3.63, 3.8) is 0 Å². The lowest BCUT2D eigenvalue weighted by atomic mass is 10.0. The van der Waals surface area contributed by atoms with Crippen molar-refractivity contribution in [3.05, 3.63) is 46.1 Å². The number of anilines is 3. The van der Waals surface area contributed by atoms with E-state index in [1.54, 1.807) is 24.4 Å². The molecule has 0 radical (unpaired) electrons. The van der Waals surface area contributed by atoms with Crippen molar-refractivity contribution in [3.8, 4) is 0 Å². The number of hydrogen-bond donors (Lipinski definition) is 1. The number of carbonyl (C=O) groups is 2. The van der Waals surface area contributed by atoms with Crippen molar-refractivity contribution in [1.29, 1.82) is 0 Å². The van der Waals surface area contributed by atoms with Gasteiger partial charge < -0.3 is 10.2 Å². The highest BCUT2D eigenvalue weighted by atomic mass is 35.5. The number of carbonyl (C=O) groups excluding carboxylic acids is 2. The van der Waals surface area contributed by atoms with Crippen LogP contribution in [0.3, 0.4) is 0 Å². The van der Waals surface area contributed by atoms with Crippen LogP contribution in [0.5, 0.6) is 0 Å². The van der Waals surface area contributed by atoms with Crippen molar-refractivity contribution in [2.75, 3.05) is 42.9 Å². The number of amides is 2. The average Bonchev–Trinajstić information content (AvgIpc) is 2.92. The van der Waals surface area contributed by atoms with Crippen LogP contribution in [-0.4, -0.2) is 65.4 Å². The minimum absolute atomic E-state index is 0.177. The van der Waals surface area contributed by atoms with Crippen molar-refractivity contribution in [1.82, 2.24) is 14.8 Å². The monoisotopic (exact) mass is 489 g/mol. The molecule has 33 heavy (non-hydrogen) atoms. The van der Waals surface area contributed by atoms with E-state index in [2.05, 4.69) is 33.9 Å². The minimum Gasteiger partial charge on any atom is -0.319 e. The van der Waals surface area contributed by atoms with Gasteiger partial charge in [-0.2, -0.15) is 0 Å². The summed E-state index contributed by atoms with van der Waals surface area (Å²) in [5, 5.41) is 3.40. The molecule has 2 aliphatic heterocycles. The number of rotatable bonds is 6. The summed E-state index contributed by atoms with van der Waals surface area (Å²) in [6, 6.07) is 6.84. The van der Waals surface area contributed by atoms with Gasteiger partial charge >= 0.3 is 0 Å². The number of benzene rings is 1. The van der Waals surface area contributed by atoms with Crippen molar-refractivity contribution in [2.24, 2.45) is 0 Å².